The van der Waals surface area contributed by atoms with Crippen molar-refractivity contribution in [3.8, 4) is 0 Å². The number of anilines is 1. The van der Waals surface area contributed by atoms with Gasteiger partial charge in [0.05, 0.1) is 10.7 Å². The van der Waals surface area contributed by atoms with E-state index in [4.69, 9.17) is 0 Å². The highest BCUT2D eigenvalue weighted by Crippen LogP contribution is 2.46. The van der Waals surface area contributed by atoms with Gasteiger partial charge >= 0.3 is 0 Å². The Balaban J connectivity index is 1.15. The van der Waals surface area contributed by atoms with E-state index in [1.165, 1.54) is 29.4 Å². The normalized spacial score (nSPS) is 23.4. The quantitative estimate of drug-likeness (QED) is 0.685. The molecule has 32 heavy (non-hydrogen) atoms. The average molecular weight is 455 g/mol. The minimum absolute atomic E-state index is 0.0311. The highest BCUT2D eigenvalue weighted by molar-refractivity contribution is 8.17. The third-order valence-electron chi connectivity index (χ3n) is 6.64. The molecule has 1 unspecified atom stereocenters. The van der Waals surface area contributed by atoms with Crippen LogP contribution >= 0.6 is 11.8 Å². The molecule has 1 aliphatic carbocycles. The summed E-state index contributed by atoms with van der Waals surface area (Å²) in [6.45, 7) is 2.32. The molecule has 1 aromatic carbocycles. The summed E-state index contributed by atoms with van der Waals surface area (Å²) in [5.41, 5.74) is 1.82. The van der Waals surface area contributed by atoms with Crippen LogP contribution in [0.3, 0.4) is 0 Å². The van der Waals surface area contributed by atoms with E-state index in [9.17, 15) is 14.0 Å². The Bertz CT molecular complexity index is 1030. The predicted molar refractivity (Wildman–Crippen MR) is 125 cm³/mol. The Labute approximate surface area is 191 Å². The van der Waals surface area contributed by atoms with Gasteiger partial charge in [0.1, 0.15) is 17.6 Å². The number of para-hydroxylation sites is 1. The van der Waals surface area contributed by atoms with Crippen molar-refractivity contribution < 1.29 is 14.0 Å². The highest BCUT2D eigenvalue weighted by Gasteiger charge is 2.40. The SMILES string of the molecule is O=C1N=C(CCC(=O)N2CCN(c3ccccc3F)CC2)N=C2SC3=C(CCCCC3)C12. The smallest absolute Gasteiger partial charge is 0.261 e. The van der Waals surface area contributed by atoms with Crippen LogP contribution in [-0.2, 0) is 9.59 Å². The Hall–Kier alpha value is -2.48. The summed E-state index contributed by atoms with van der Waals surface area (Å²) in [5, 5.41) is 0.859. The Morgan fingerprint density at radius 1 is 1.06 bits per heavy atom. The van der Waals surface area contributed by atoms with Crippen molar-refractivity contribution in [1.82, 2.24) is 4.90 Å². The maximum Gasteiger partial charge on any atom is 0.261 e. The number of benzene rings is 1. The lowest BCUT2D eigenvalue weighted by Gasteiger charge is -2.36. The second-order valence-electron chi connectivity index (χ2n) is 8.68. The Kier molecular flexibility index (Phi) is 6.13. The van der Waals surface area contributed by atoms with Gasteiger partial charge in [-0.2, -0.15) is 4.99 Å². The van der Waals surface area contributed by atoms with E-state index in [0.29, 0.717) is 44.1 Å². The van der Waals surface area contributed by atoms with E-state index >= 15 is 0 Å². The monoisotopic (exact) mass is 454 g/mol. The van der Waals surface area contributed by atoms with Crippen molar-refractivity contribution >= 4 is 40.1 Å². The predicted octanol–water partition coefficient (Wildman–Crippen LogP) is 4.17. The summed E-state index contributed by atoms with van der Waals surface area (Å²) in [6.07, 6.45) is 6.18. The molecule has 6 nitrogen and oxygen atoms in total. The van der Waals surface area contributed by atoms with Gasteiger partial charge in [0.2, 0.25) is 5.91 Å². The molecule has 1 aromatic rings. The van der Waals surface area contributed by atoms with E-state index in [1.807, 2.05) is 15.9 Å². The van der Waals surface area contributed by atoms with Crippen molar-refractivity contribution in [3.63, 3.8) is 0 Å². The first-order chi connectivity index (χ1) is 15.6. The number of hydrogen-bond acceptors (Lipinski definition) is 5. The molecule has 0 spiro atoms. The van der Waals surface area contributed by atoms with Gasteiger partial charge in [0.15, 0.2) is 0 Å². The molecule has 3 aliphatic heterocycles. The van der Waals surface area contributed by atoms with E-state index in [2.05, 4.69) is 9.98 Å². The first-order valence-electron chi connectivity index (χ1n) is 11.5. The fraction of sp³-hybridized carbons (Fsp3) is 0.500. The van der Waals surface area contributed by atoms with Crippen LogP contribution in [0, 0.1) is 11.7 Å². The topological polar surface area (TPSA) is 65.3 Å². The lowest BCUT2D eigenvalue weighted by atomic mass is 9.94. The molecule has 168 valence electrons. The lowest BCUT2D eigenvalue weighted by molar-refractivity contribution is -0.131. The van der Waals surface area contributed by atoms with Gasteiger partial charge in [-0.25, -0.2) is 9.38 Å². The van der Waals surface area contributed by atoms with Gasteiger partial charge in [-0.1, -0.05) is 30.3 Å². The molecule has 8 heteroatoms. The zero-order valence-electron chi connectivity index (χ0n) is 18.1. The number of aliphatic imine (C=N–C) groups is 2. The van der Waals surface area contributed by atoms with Gasteiger partial charge in [0, 0.05) is 39.0 Å². The number of hydrogen-bond donors (Lipinski definition) is 0. The van der Waals surface area contributed by atoms with E-state index in [-0.39, 0.29) is 30.0 Å². The Morgan fingerprint density at radius 3 is 2.66 bits per heavy atom. The molecular weight excluding hydrogens is 427 g/mol. The van der Waals surface area contributed by atoms with Crippen LogP contribution in [0.5, 0.6) is 0 Å². The molecule has 0 N–H and O–H groups in total. The molecule has 0 aromatic heterocycles. The Morgan fingerprint density at radius 2 is 1.84 bits per heavy atom. The highest BCUT2D eigenvalue weighted by atomic mass is 32.2. The number of amidine groups is 1. The first-order valence-corrected chi connectivity index (χ1v) is 12.3. The lowest BCUT2D eigenvalue weighted by Crippen LogP contribution is -2.49. The molecular formula is C24H27FN4O2S. The number of fused-ring (bicyclic) bond motifs is 2. The van der Waals surface area contributed by atoms with Crippen LogP contribution in [0.2, 0.25) is 0 Å². The first kappa shape index (κ1) is 21.4. The van der Waals surface area contributed by atoms with Crippen molar-refractivity contribution in [2.45, 2.75) is 44.9 Å². The van der Waals surface area contributed by atoms with Crippen LogP contribution in [0.15, 0.2) is 44.7 Å². The number of amides is 2. The second-order valence-corrected chi connectivity index (χ2v) is 9.79. The molecule has 4 aliphatic rings. The zero-order valence-corrected chi connectivity index (χ0v) is 18.9. The maximum atomic E-state index is 14.0. The summed E-state index contributed by atoms with van der Waals surface area (Å²) < 4.78 is 14.0. The van der Waals surface area contributed by atoms with Crippen LogP contribution in [0.4, 0.5) is 10.1 Å². The second kappa shape index (κ2) is 9.17. The third kappa shape index (κ3) is 4.25. The van der Waals surface area contributed by atoms with Crippen LogP contribution in [-0.4, -0.2) is 53.8 Å². The number of rotatable bonds is 4. The zero-order chi connectivity index (χ0) is 22.1. The molecule has 1 saturated heterocycles. The summed E-state index contributed by atoms with van der Waals surface area (Å²) in [5.74, 6) is -0.107. The van der Waals surface area contributed by atoms with Gasteiger partial charge < -0.3 is 9.80 Å². The van der Waals surface area contributed by atoms with E-state index in [0.717, 1.165) is 24.3 Å². The molecule has 0 bridgehead atoms. The van der Waals surface area contributed by atoms with Crippen molar-refractivity contribution in [2.75, 3.05) is 31.1 Å². The van der Waals surface area contributed by atoms with Gasteiger partial charge in [0.25, 0.3) is 5.91 Å². The van der Waals surface area contributed by atoms with Gasteiger partial charge in [-0.15, -0.1) is 0 Å². The van der Waals surface area contributed by atoms with Crippen molar-refractivity contribution in [2.24, 2.45) is 15.9 Å². The van der Waals surface area contributed by atoms with Gasteiger partial charge in [-0.3, -0.25) is 9.59 Å². The summed E-state index contributed by atoms with van der Waals surface area (Å²) in [6, 6.07) is 6.73. The number of allylic oxidation sites excluding steroid dienone is 1. The number of halogens is 1. The fourth-order valence-corrected chi connectivity index (χ4v) is 6.28. The van der Waals surface area contributed by atoms with E-state index in [1.54, 1.807) is 23.9 Å². The minimum Gasteiger partial charge on any atom is -0.366 e. The molecule has 2 amide bonds. The van der Waals surface area contributed by atoms with Crippen LogP contribution < -0.4 is 4.90 Å². The number of carbonyl (C=O) groups excluding carboxylic acids is 2. The average Bonchev–Trinajstić information content (AvgIpc) is 3.00. The maximum absolute atomic E-state index is 14.0. The molecule has 3 heterocycles. The number of thioether (sulfide) groups is 1. The van der Waals surface area contributed by atoms with Gasteiger partial charge in [-0.05, 0) is 48.3 Å². The van der Waals surface area contributed by atoms with E-state index < -0.39 is 0 Å². The molecule has 1 fully saturated rings. The minimum atomic E-state index is -0.265. The molecule has 5 rings (SSSR count). The molecule has 0 saturated carbocycles. The van der Waals surface area contributed by atoms with Crippen LogP contribution in [0.1, 0.15) is 44.9 Å². The van der Waals surface area contributed by atoms with Crippen molar-refractivity contribution in [3.05, 3.63) is 40.6 Å². The number of carbonyl (C=O) groups is 2. The number of piperazine rings is 1. The van der Waals surface area contributed by atoms with Crippen molar-refractivity contribution in [1.29, 1.82) is 0 Å². The fourth-order valence-electron chi connectivity index (χ4n) is 4.91. The molecule has 1 atom stereocenters. The summed E-state index contributed by atoms with van der Waals surface area (Å²) in [7, 11) is 0. The summed E-state index contributed by atoms with van der Waals surface area (Å²) in [4.78, 5) is 39.5. The third-order valence-corrected chi connectivity index (χ3v) is 7.89. The largest absolute Gasteiger partial charge is 0.366 e. The summed E-state index contributed by atoms with van der Waals surface area (Å²) >= 11 is 1.66. The standard InChI is InChI=1S/C24H27FN4O2S/c25-17-7-4-5-8-18(17)28-12-14-29(15-13-28)21(30)11-10-20-26-23(31)22-16-6-2-1-3-9-19(16)32-24(22)27-20/h4-5,7-8,22H,1-3,6,9-15H2. The number of nitrogens with zero attached hydrogens (tertiary/aromatic N) is 4. The molecule has 0 radical (unpaired) electrons. The van der Waals surface area contributed by atoms with Crippen LogP contribution in [0.25, 0.3) is 0 Å².